The third-order valence-corrected chi connectivity index (χ3v) is 5.23. The number of hydrogen-bond donors (Lipinski definition) is 2. The Hall–Kier alpha value is -3.60. The van der Waals surface area contributed by atoms with Crippen molar-refractivity contribution in [2.75, 3.05) is 36.4 Å². The highest BCUT2D eigenvalue weighted by atomic mass is 19.2. The molecular formula is C20H21F2N9. The average molecular weight is 425 g/mol. The summed E-state index contributed by atoms with van der Waals surface area (Å²) < 4.78 is 32.2. The largest absolute Gasteiger partial charge is 0.369 e. The number of anilines is 3. The van der Waals surface area contributed by atoms with E-state index in [0.717, 1.165) is 31.9 Å². The Kier molecular flexibility index (Phi) is 4.94. The van der Waals surface area contributed by atoms with Crippen LogP contribution in [0.25, 0.3) is 11.0 Å². The van der Waals surface area contributed by atoms with Crippen LogP contribution in [0.1, 0.15) is 5.56 Å². The molecular weight excluding hydrogens is 404 g/mol. The predicted octanol–water partition coefficient (Wildman–Crippen LogP) is 2.04. The molecule has 1 saturated heterocycles. The molecule has 0 aliphatic carbocycles. The van der Waals surface area contributed by atoms with Gasteiger partial charge < -0.3 is 15.5 Å². The molecule has 0 radical (unpaired) electrons. The molecule has 4 aromatic rings. The van der Waals surface area contributed by atoms with Crippen LogP contribution in [0.15, 0.2) is 36.9 Å². The van der Waals surface area contributed by atoms with Gasteiger partial charge in [-0.3, -0.25) is 4.68 Å². The third-order valence-electron chi connectivity index (χ3n) is 5.23. The zero-order valence-corrected chi connectivity index (χ0v) is 16.9. The molecule has 0 spiro atoms. The molecule has 1 aliphatic rings. The van der Waals surface area contributed by atoms with E-state index in [1.807, 2.05) is 11.9 Å². The van der Waals surface area contributed by atoms with E-state index in [2.05, 4.69) is 30.8 Å². The van der Waals surface area contributed by atoms with Gasteiger partial charge in [-0.2, -0.15) is 15.2 Å². The van der Waals surface area contributed by atoms with Crippen LogP contribution in [0.3, 0.4) is 0 Å². The van der Waals surface area contributed by atoms with Crippen molar-refractivity contribution in [2.24, 2.45) is 7.05 Å². The highest BCUT2D eigenvalue weighted by Crippen LogP contribution is 2.24. The summed E-state index contributed by atoms with van der Waals surface area (Å²) in [6.07, 6.45) is 6.70. The SMILES string of the molecule is Cn1cc(Nc2ncc3cnn(Cc4cc(N5CCNCC5)cc(F)c4F)c3n2)cn1. The van der Waals surface area contributed by atoms with Crippen molar-refractivity contribution in [3.05, 3.63) is 54.1 Å². The van der Waals surface area contributed by atoms with Gasteiger partial charge >= 0.3 is 0 Å². The summed E-state index contributed by atoms with van der Waals surface area (Å²) in [5, 5.41) is 15.5. The van der Waals surface area contributed by atoms with E-state index in [9.17, 15) is 8.78 Å². The molecule has 0 unspecified atom stereocenters. The summed E-state index contributed by atoms with van der Waals surface area (Å²) in [5.74, 6) is -1.37. The number of aromatic nitrogens is 6. The van der Waals surface area contributed by atoms with Gasteiger partial charge in [0.2, 0.25) is 5.95 Å². The van der Waals surface area contributed by atoms with Crippen LogP contribution in [0.2, 0.25) is 0 Å². The van der Waals surface area contributed by atoms with Gasteiger partial charge in [0.1, 0.15) is 0 Å². The molecule has 0 atom stereocenters. The number of nitrogens with zero attached hydrogens (tertiary/aromatic N) is 7. The fourth-order valence-electron chi connectivity index (χ4n) is 3.67. The minimum atomic E-state index is -0.870. The molecule has 1 aliphatic heterocycles. The number of aryl methyl sites for hydroxylation is 1. The van der Waals surface area contributed by atoms with Crippen molar-refractivity contribution in [1.82, 2.24) is 34.8 Å². The number of halogens is 2. The lowest BCUT2D eigenvalue weighted by Gasteiger charge is -2.30. The normalized spacial score (nSPS) is 14.4. The Bertz CT molecular complexity index is 1230. The Labute approximate surface area is 176 Å². The minimum absolute atomic E-state index is 0.0511. The maximum atomic E-state index is 14.6. The van der Waals surface area contributed by atoms with Gasteiger partial charge in [-0.05, 0) is 6.07 Å². The van der Waals surface area contributed by atoms with Crippen molar-refractivity contribution in [1.29, 1.82) is 0 Å². The first-order valence-electron chi connectivity index (χ1n) is 9.94. The molecule has 1 fully saturated rings. The summed E-state index contributed by atoms with van der Waals surface area (Å²) in [6.45, 7) is 3.15. The second-order valence-electron chi connectivity index (χ2n) is 7.44. The molecule has 2 N–H and O–H groups in total. The van der Waals surface area contributed by atoms with Crippen LogP contribution in [-0.4, -0.2) is 55.7 Å². The first kappa shape index (κ1) is 19.4. The van der Waals surface area contributed by atoms with Crippen molar-refractivity contribution in [3.63, 3.8) is 0 Å². The lowest BCUT2D eigenvalue weighted by Crippen LogP contribution is -2.43. The van der Waals surface area contributed by atoms with E-state index >= 15 is 0 Å². The quantitative estimate of drug-likeness (QED) is 0.506. The second-order valence-corrected chi connectivity index (χ2v) is 7.44. The summed E-state index contributed by atoms with van der Waals surface area (Å²) in [5.41, 5.74) is 2.15. The van der Waals surface area contributed by atoms with Gasteiger partial charge in [0.15, 0.2) is 17.3 Å². The monoisotopic (exact) mass is 425 g/mol. The summed E-state index contributed by atoms with van der Waals surface area (Å²) in [6, 6.07) is 2.94. The minimum Gasteiger partial charge on any atom is -0.369 e. The highest BCUT2D eigenvalue weighted by molar-refractivity contribution is 5.75. The maximum Gasteiger partial charge on any atom is 0.229 e. The number of nitrogens with one attached hydrogen (secondary N) is 2. The Morgan fingerprint density at radius 3 is 2.71 bits per heavy atom. The molecule has 4 heterocycles. The molecule has 11 heteroatoms. The van der Waals surface area contributed by atoms with E-state index in [1.165, 1.54) is 6.07 Å². The van der Waals surface area contributed by atoms with E-state index in [-0.39, 0.29) is 12.1 Å². The lowest BCUT2D eigenvalue weighted by atomic mass is 10.1. The molecule has 0 saturated carbocycles. The maximum absolute atomic E-state index is 14.6. The molecule has 31 heavy (non-hydrogen) atoms. The van der Waals surface area contributed by atoms with Gasteiger partial charge in [0.05, 0.1) is 30.0 Å². The second kappa shape index (κ2) is 7.91. The van der Waals surface area contributed by atoms with Crippen LogP contribution < -0.4 is 15.5 Å². The number of benzene rings is 1. The fourth-order valence-corrected chi connectivity index (χ4v) is 3.67. The van der Waals surface area contributed by atoms with Crippen LogP contribution in [0.5, 0.6) is 0 Å². The van der Waals surface area contributed by atoms with Crippen LogP contribution >= 0.6 is 0 Å². The Balaban J connectivity index is 1.45. The molecule has 0 amide bonds. The lowest BCUT2D eigenvalue weighted by molar-refractivity contribution is 0.491. The van der Waals surface area contributed by atoms with Crippen molar-refractivity contribution >= 4 is 28.4 Å². The van der Waals surface area contributed by atoms with E-state index in [4.69, 9.17) is 0 Å². The molecule has 0 bridgehead atoms. The van der Waals surface area contributed by atoms with Crippen molar-refractivity contribution < 1.29 is 8.78 Å². The molecule has 3 aromatic heterocycles. The standard InChI is InChI=1S/C20H21F2N9/c1-29-12-15(10-25-29)27-20-24-8-14-9-26-31(19(14)28-20)11-13-6-16(7-17(21)18(13)22)30-4-2-23-3-5-30/h6-10,12,23H,2-5,11H2,1H3,(H,24,27,28). The zero-order valence-electron chi connectivity index (χ0n) is 16.9. The number of rotatable bonds is 5. The molecule has 5 rings (SSSR count). The summed E-state index contributed by atoms with van der Waals surface area (Å²) in [7, 11) is 1.81. The van der Waals surface area contributed by atoms with Gasteiger partial charge in [0.25, 0.3) is 0 Å². The van der Waals surface area contributed by atoms with Crippen LogP contribution in [-0.2, 0) is 13.6 Å². The fraction of sp³-hybridized carbons (Fsp3) is 0.300. The number of fused-ring (bicyclic) bond motifs is 1. The molecule has 160 valence electrons. The smallest absolute Gasteiger partial charge is 0.229 e. The predicted molar refractivity (Wildman–Crippen MR) is 112 cm³/mol. The molecule has 1 aromatic carbocycles. The van der Waals surface area contributed by atoms with Gasteiger partial charge in [-0.1, -0.05) is 0 Å². The summed E-state index contributed by atoms with van der Waals surface area (Å²) >= 11 is 0. The topological polar surface area (TPSA) is 88.7 Å². The van der Waals surface area contributed by atoms with Crippen LogP contribution in [0.4, 0.5) is 26.1 Å². The van der Waals surface area contributed by atoms with E-state index in [0.29, 0.717) is 22.7 Å². The van der Waals surface area contributed by atoms with Gasteiger partial charge in [0, 0.05) is 62.9 Å². The van der Waals surface area contributed by atoms with Gasteiger partial charge in [-0.15, -0.1) is 0 Å². The Morgan fingerprint density at radius 1 is 1.10 bits per heavy atom. The first-order chi connectivity index (χ1) is 15.1. The van der Waals surface area contributed by atoms with Gasteiger partial charge in [-0.25, -0.2) is 18.4 Å². The first-order valence-corrected chi connectivity index (χ1v) is 9.94. The van der Waals surface area contributed by atoms with E-state index < -0.39 is 11.6 Å². The van der Waals surface area contributed by atoms with Crippen LogP contribution in [0, 0.1) is 11.6 Å². The average Bonchev–Trinajstić information content (AvgIpc) is 3.37. The highest BCUT2D eigenvalue weighted by Gasteiger charge is 2.18. The third kappa shape index (κ3) is 3.91. The summed E-state index contributed by atoms with van der Waals surface area (Å²) in [4.78, 5) is 10.8. The molecule has 9 nitrogen and oxygen atoms in total. The zero-order chi connectivity index (χ0) is 21.4. The van der Waals surface area contributed by atoms with Crippen molar-refractivity contribution in [3.8, 4) is 0 Å². The number of piperazine rings is 1. The number of hydrogen-bond acceptors (Lipinski definition) is 7. The van der Waals surface area contributed by atoms with E-state index in [1.54, 1.807) is 40.2 Å². The van der Waals surface area contributed by atoms with Crippen molar-refractivity contribution in [2.45, 2.75) is 6.54 Å². The Morgan fingerprint density at radius 2 is 1.94 bits per heavy atom.